The Hall–Kier alpha value is -2.87. The topological polar surface area (TPSA) is 113 Å². The van der Waals surface area contributed by atoms with Crippen LogP contribution in [0.15, 0.2) is 36.5 Å². The molecule has 21 heavy (non-hydrogen) atoms. The molecule has 0 amide bonds. The van der Waals surface area contributed by atoms with Gasteiger partial charge in [-0.2, -0.15) is 0 Å². The summed E-state index contributed by atoms with van der Waals surface area (Å²) in [5.74, 6) is 6.37. The van der Waals surface area contributed by atoms with Crippen LogP contribution in [0, 0.1) is 10.1 Å². The number of hydrogen-bond acceptors (Lipinski definition) is 7. The summed E-state index contributed by atoms with van der Waals surface area (Å²) in [6, 6.07) is 7.93. The summed E-state index contributed by atoms with van der Waals surface area (Å²) in [6.45, 7) is 0.177. The second kappa shape index (κ2) is 6.53. The molecule has 1 aromatic heterocycles. The average Bonchev–Trinajstić information content (AvgIpc) is 2.52. The average molecular weight is 290 g/mol. The summed E-state index contributed by atoms with van der Waals surface area (Å²) >= 11 is 0. The van der Waals surface area contributed by atoms with Crippen LogP contribution in [0.4, 0.5) is 11.5 Å². The van der Waals surface area contributed by atoms with Gasteiger partial charge in [0.15, 0.2) is 5.75 Å². The van der Waals surface area contributed by atoms with Gasteiger partial charge in [0, 0.05) is 11.8 Å². The molecule has 0 aliphatic rings. The van der Waals surface area contributed by atoms with Gasteiger partial charge in [0.25, 0.3) is 0 Å². The van der Waals surface area contributed by atoms with Crippen LogP contribution < -0.4 is 20.7 Å². The minimum atomic E-state index is -0.525. The second-order valence-electron chi connectivity index (χ2n) is 4.03. The Balaban J connectivity index is 2.17. The third kappa shape index (κ3) is 3.37. The van der Waals surface area contributed by atoms with Crippen LogP contribution in [0.25, 0.3) is 0 Å². The van der Waals surface area contributed by atoms with Gasteiger partial charge in [-0.15, -0.1) is 0 Å². The Morgan fingerprint density at radius 2 is 2.24 bits per heavy atom. The number of ether oxygens (including phenoxy) is 2. The van der Waals surface area contributed by atoms with Crippen LogP contribution in [-0.4, -0.2) is 17.0 Å². The van der Waals surface area contributed by atoms with E-state index in [0.29, 0.717) is 11.6 Å². The minimum absolute atomic E-state index is 0.154. The zero-order chi connectivity index (χ0) is 15.2. The number of methoxy groups -OCH3 is 1. The maximum atomic E-state index is 10.9. The van der Waals surface area contributed by atoms with Gasteiger partial charge in [-0.05, 0) is 18.2 Å². The molecule has 1 heterocycles. The molecule has 0 atom stereocenters. The van der Waals surface area contributed by atoms with Crippen molar-refractivity contribution in [2.24, 2.45) is 5.84 Å². The number of nitrogens with one attached hydrogen (secondary N) is 1. The summed E-state index contributed by atoms with van der Waals surface area (Å²) < 4.78 is 10.5. The first-order valence-electron chi connectivity index (χ1n) is 6.01. The van der Waals surface area contributed by atoms with Gasteiger partial charge < -0.3 is 14.9 Å². The Morgan fingerprint density at radius 3 is 2.90 bits per heavy atom. The van der Waals surface area contributed by atoms with Crippen molar-refractivity contribution in [3.05, 3.63) is 52.2 Å². The Morgan fingerprint density at radius 1 is 1.43 bits per heavy atom. The molecule has 2 rings (SSSR count). The van der Waals surface area contributed by atoms with E-state index >= 15 is 0 Å². The lowest BCUT2D eigenvalue weighted by atomic mass is 10.2. The first kappa shape index (κ1) is 14.5. The van der Waals surface area contributed by atoms with Crippen molar-refractivity contribution >= 4 is 11.5 Å². The lowest BCUT2D eigenvalue weighted by molar-refractivity contribution is -0.385. The normalized spacial score (nSPS) is 10.0. The van der Waals surface area contributed by atoms with Crippen LogP contribution in [0.3, 0.4) is 0 Å². The van der Waals surface area contributed by atoms with Crippen LogP contribution in [0.1, 0.15) is 5.56 Å². The summed E-state index contributed by atoms with van der Waals surface area (Å²) in [4.78, 5) is 14.5. The van der Waals surface area contributed by atoms with Gasteiger partial charge in [-0.1, -0.05) is 6.07 Å². The molecule has 8 heteroatoms. The van der Waals surface area contributed by atoms with Crippen LogP contribution in [-0.2, 0) is 6.61 Å². The number of nitrogen functional groups attached to an aromatic ring is 1. The number of nitrogens with zero attached hydrogens (tertiary/aromatic N) is 2. The molecule has 0 aliphatic heterocycles. The number of rotatable bonds is 6. The van der Waals surface area contributed by atoms with E-state index in [9.17, 15) is 10.1 Å². The van der Waals surface area contributed by atoms with Gasteiger partial charge in [-0.3, -0.25) is 10.1 Å². The van der Waals surface area contributed by atoms with Crippen molar-refractivity contribution in [3.8, 4) is 11.5 Å². The molecular weight excluding hydrogens is 276 g/mol. The SMILES string of the molecule is COc1ccc(OCc2cccnc2NN)cc1[N+](=O)[O-]. The van der Waals surface area contributed by atoms with E-state index in [1.54, 1.807) is 24.4 Å². The number of hydrogen-bond donors (Lipinski definition) is 2. The number of nitrogens with two attached hydrogens (primary N) is 1. The third-order valence-electron chi connectivity index (χ3n) is 2.77. The predicted molar refractivity (Wildman–Crippen MR) is 76.0 cm³/mol. The van der Waals surface area contributed by atoms with Crippen molar-refractivity contribution in [1.29, 1.82) is 0 Å². The van der Waals surface area contributed by atoms with Crippen molar-refractivity contribution in [1.82, 2.24) is 4.98 Å². The Bertz CT molecular complexity index is 648. The number of benzene rings is 1. The van der Waals surface area contributed by atoms with E-state index in [2.05, 4.69) is 10.4 Å². The Kier molecular flexibility index (Phi) is 4.52. The highest BCUT2D eigenvalue weighted by molar-refractivity contribution is 5.51. The van der Waals surface area contributed by atoms with Gasteiger partial charge in [0.05, 0.1) is 18.1 Å². The van der Waals surface area contributed by atoms with E-state index < -0.39 is 4.92 Å². The molecule has 110 valence electrons. The van der Waals surface area contributed by atoms with Crippen molar-refractivity contribution in [3.63, 3.8) is 0 Å². The maximum Gasteiger partial charge on any atom is 0.314 e. The van der Waals surface area contributed by atoms with Crippen LogP contribution in [0.2, 0.25) is 0 Å². The molecule has 0 spiro atoms. The summed E-state index contributed by atoms with van der Waals surface area (Å²) in [6.07, 6.45) is 1.59. The van der Waals surface area contributed by atoms with Crippen molar-refractivity contribution in [2.75, 3.05) is 12.5 Å². The first-order valence-corrected chi connectivity index (χ1v) is 6.01. The molecule has 0 unspecified atom stereocenters. The fourth-order valence-electron chi connectivity index (χ4n) is 1.75. The number of nitro groups is 1. The highest BCUT2D eigenvalue weighted by Gasteiger charge is 2.16. The summed E-state index contributed by atoms with van der Waals surface area (Å²) in [5.41, 5.74) is 3.04. The zero-order valence-corrected chi connectivity index (χ0v) is 11.3. The lowest BCUT2D eigenvalue weighted by Crippen LogP contribution is -2.12. The third-order valence-corrected chi connectivity index (χ3v) is 2.77. The standard InChI is InChI=1S/C13H14N4O4/c1-20-12-5-4-10(7-11(12)17(18)19)21-8-9-3-2-6-15-13(9)16-14/h2-7H,8,14H2,1H3,(H,15,16). The van der Waals surface area contributed by atoms with E-state index in [1.807, 2.05) is 0 Å². The van der Waals surface area contributed by atoms with Gasteiger partial charge in [-0.25, -0.2) is 10.8 Å². The predicted octanol–water partition coefficient (Wildman–Crippen LogP) is 1.86. The van der Waals surface area contributed by atoms with Crippen molar-refractivity contribution < 1.29 is 14.4 Å². The van der Waals surface area contributed by atoms with E-state index in [1.165, 1.54) is 19.2 Å². The van der Waals surface area contributed by atoms with Crippen molar-refractivity contribution in [2.45, 2.75) is 6.61 Å². The fraction of sp³-hybridized carbons (Fsp3) is 0.154. The molecule has 0 saturated carbocycles. The number of anilines is 1. The first-order chi connectivity index (χ1) is 10.2. The smallest absolute Gasteiger partial charge is 0.314 e. The number of hydrazine groups is 1. The lowest BCUT2D eigenvalue weighted by Gasteiger charge is -2.10. The second-order valence-corrected chi connectivity index (χ2v) is 4.03. The number of nitro benzene ring substituents is 1. The summed E-state index contributed by atoms with van der Waals surface area (Å²) in [7, 11) is 1.37. The highest BCUT2D eigenvalue weighted by atomic mass is 16.6. The maximum absolute atomic E-state index is 10.9. The van der Waals surface area contributed by atoms with Gasteiger partial charge in [0.2, 0.25) is 0 Å². The monoisotopic (exact) mass is 290 g/mol. The molecule has 0 aliphatic carbocycles. The van der Waals surface area contributed by atoms with E-state index in [4.69, 9.17) is 15.3 Å². The minimum Gasteiger partial charge on any atom is -0.490 e. The molecule has 0 saturated heterocycles. The molecular formula is C13H14N4O4. The largest absolute Gasteiger partial charge is 0.490 e. The quantitative estimate of drug-likeness (QED) is 0.474. The summed E-state index contributed by atoms with van der Waals surface area (Å²) in [5, 5.41) is 10.9. The van der Waals surface area contributed by atoms with E-state index in [0.717, 1.165) is 5.56 Å². The fourth-order valence-corrected chi connectivity index (χ4v) is 1.75. The number of aromatic nitrogens is 1. The zero-order valence-electron chi connectivity index (χ0n) is 11.3. The molecule has 0 fully saturated rings. The Labute approximate surface area is 120 Å². The van der Waals surface area contributed by atoms with Crippen LogP contribution >= 0.6 is 0 Å². The molecule has 0 radical (unpaired) electrons. The van der Waals surface area contributed by atoms with Gasteiger partial charge >= 0.3 is 5.69 Å². The van der Waals surface area contributed by atoms with Gasteiger partial charge in [0.1, 0.15) is 18.2 Å². The van der Waals surface area contributed by atoms with E-state index in [-0.39, 0.29) is 18.0 Å². The highest BCUT2D eigenvalue weighted by Crippen LogP contribution is 2.31. The molecule has 2 aromatic rings. The molecule has 8 nitrogen and oxygen atoms in total. The van der Waals surface area contributed by atoms with Crippen LogP contribution in [0.5, 0.6) is 11.5 Å². The molecule has 1 aromatic carbocycles. The number of pyridine rings is 1. The molecule has 3 N–H and O–H groups in total. The molecule has 0 bridgehead atoms.